The first-order valence-electron chi connectivity index (χ1n) is 6.60. The summed E-state index contributed by atoms with van der Waals surface area (Å²) in [6.07, 6.45) is 2.56. The molecule has 1 fully saturated rings. The third-order valence-electron chi connectivity index (χ3n) is 3.58. The zero-order valence-corrected chi connectivity index (χ0v) is 11.1. The Bertz CT molecular complexity index is 416. The van der Waals surface area contributed by atoms with Crippen molar-refractivity contribution in [2.24, 2.45) is 0 Å². The van der Waals surface area contributed by atoms with Crippen LogP contribution in [0.4, 0.5) is 0 Å². The third kappa shape index (κ3) is 3.10. The molecule has 1 atom stereocenters. The smallest absolute Gasteiger partial charge is 0.305 e. The van der Waals surface area contributed by atoms with E-state index in [2.05, 4.69) is 36.9 Å². The minimum Gasteiger partial charge on any atom is -0.481 e. The van der Waals surface area contributed by atoms with Crippen LogP contribution in [-0.4, -0.2) is 29.1 Å². The first-order valence-corrected chi connectivity index (χ1v) is 6.60. The van der Waals surface area contributed by atoms with Gasteiger partial charge in [0.05, 0.1) is 6.42 Å². The maximum atomic E-state index is 11.1. The summed E-state index contributed by atoms with van der Waals surface area (Å²) in [6.45, 7) is 6.17. The van der Waals surface area contributed by atoms with E-state index in [1.54, 1.807) is 0 Å². The van der Waals surface area contributed by atoms with Crippen LogP contribution in [0.25, 0.3) is 0 Å². The maximum Gasteiger partial charge on any atom is 0.305 e. The molecule has 0 aromatic heterocycles. The number of carbonyl (C=O) groups is 1. The molecule has 0 spiro atoms. The summed E-state index contributed by atoms with van der Waals surface area (Å²) >= 11 is 0. The van der Waals surface area contributed by atoms with E-state index in [1.807, 2.05) is 0 Å². The highest BCUT2D eigenvalue weighted by molar-refractivity contribution is 5.68. The Balaban J connectivity index is 2.28. The molecule has 2 rings (SSSR count). The maximum absolute atomic E-state index is 11.1. The largest absolute Gasteiger partial charge is 0.481 e. The van der Waals surface area contributed by atoms with Gasteiger partial charge in [0.25, 0.3) is 0 Å². The van der Waals surface area contributed by atoms with Gasteiger partial charge in [-0.2, -0.15) is 0 Å². The van der Waals surface area contributed by atoms with Crippen molar-refractivity contribution in [2.75, 3.05) is 13.1 Å². The number of aryl methyl sites for hydroxylation is 2. The highest BCUT2D eigenvalue weighted by Gasteiger charge is 2.25. The van der Waals surface area contributed by atoms with Crippen LogP contribution in [0.2, 0.25) is 0 Å². The lowest BCUT2D eigenvalue weighted by Crippen LogP contribution is -2.27. The molecular formula is C15H21NO2. The van der Waals surface area contributed by atoms with Gasteiger partial charge in [0, 0.05) is 6.04 Å². The summed E-state index contributed by atoms with van der Waals surface area (Å²) < 4.78 is 0. The van der Waals surface area contributed by atoms with Gasteiger partial charge < -0.3 is 5.11 Å². The number of hydrogen-bond donors (Lipinski definition) is 1. The highest BCUT2D eigenvalue weighted by atomic mass is 16.4. The summed E-state index contributed by atoms with van der Waals surface area (Å²) in [6, 6.07) is 6.41. The molecule has 3 nitrogen and oxygen atoms in total. The second-order valence-electron chi connectivity index (χ2n) is 5.28. The summed E-state index contributed by atoms with van der Waals surface area (Å²) in [4.78, 5) is 13.4. The minimum absolute atomic E-state index is 0.0311. The average molecular weight is 247 g/mol. The SMILES string of the molecule is Cc1cc(C)cc(C(CC(=O)O)N2CCCC2)c1. The molecule has 1 heterocycles. The Morgan fingerprint density at radius 2 is 1.78 bits per heavy atom. The lowest BCUT2D eigenvalue weighted by atomic mass is 9.98. The van der Waals surface area contributed by atoms with Crippen molar-refractivity contribution in [3.05, 3.63) is 34.9 Å². The average Bonchev–Trinajstić information content (AvgIpc) is 2.77. The third-order valence-corrected chi connectivity index (χ3v) is 3.58. The molecule has 1 unspecified atom stereocenters. The van der Waals surface area contributed by atoms with Crippen molar-refractivity contribution in [2.45, 2.75) is 39.2 Å². The van der Waals surface area contributed by atoms with Gasteiger partial charge in [-0.1, -0.05) is 29.3 Å². The molecule has 1 aromatic rings. The first-order chi connectivity index (χ1) is 8.56. The van der Waals surface area contributed by atoms with Crippen molar-refractivity contribution in [3.8, 4) is 0 Å². The van der Waals surface area contributed by atoms with Gasteiger partial charge in [0.2, 0.25) is 0 Å². The standard InChI is InChI=1S/C15H21NO2/c1-11-7-12(2)9-13(8-11)14(10-15(17)18)16-5-3-4-6-16/h7-9,14H,3-6,10H2,1-2H3,(H,17,18). The number of hydrogen-bond acceptors (Lipinski definition) is 2. The Morgan fingerprint density at radius 3 is 2.28 bits per heavy atom. The predicted molar refractivity (Wildman–Crippen MR) is 71.7 cm³/mol. The molecule has 18 heavy (non-hydrogen) atoms. The van der Waals surface area contributed by atoms with Crippen molar-refractivity contribution >= 4 is 5.97 Å². The van der Waals surface area contributed by atoms with E-state index in [-0.39, 0.29) is 12.5 Å². The molecule has 0 bridgehead atoms. The van der Waals surface area contributed by atoms with Gasteiger partial charge in [-0.15, -0.1) is 0 Å². The van der Waals surface area contributed by atoms with Gasteiger partial charge in [-0.3, -0.25) is 9.69 Å². The van der Waals surface area contributed by atoms with Crippen LogP contribution in [0.15, 0.2) is 18.2 Å². The quantitative estimate of drug-likeness (QED) is 0.889. The summed E-state index contributed by atoms with van der Waals surface area (Å²) in [7, 11) is 0. The zero-order valence-electron chi connectivity index (χ0n) is 11.1. The van der Waals surface area contributed by atoms with Crippen LogP contribution in [0.3, 0.4) is 0 Å². The molecule has 1 saturated heterocycles. The van der Waals surface area contributed by atoms with Crippen molar-refractivity contribution < 1.29 is 9.90 Å². The fourth-order valence-corrected chi connectivity index (χ4v) is 2.88. The molecule has 0 saturated carbocycles. The van der Waals surface area contributed by atoms with Gasteiger partial charge in [0.1, 0.15) is 0 Å². The van der Waals surface area contributed by atoms with Crippen molar-refractivity contribution in [1.82, 2.24) is 4.90 Å². The van der Waals surface area contributed by atoms with Crippen molar-refractivity contribution in [3.63, 3.8) is 0 Å². The Kier molecular flexibility index (Phi) is 4.02. The molecule has 98 valence electrons. The van der Waals surface area contributed by atoms with E-state index in [0.717, 1.165) is 18.7 Å². The monoisotopic (exact) mass is 247 g/mol. The normalized spacial score (nSPS) is 17.9. The van der Waals surface area contributed by atoms with Crippen LogP contribution in [-0.2, 0) is 4.79 Å². The van der Waals surface area contributed by atoms with E-state index in [9.17, 15) is 4.79 Å². The molecule has 1 N–H and O–H groups in total. The fraction of sp³-hybridized carbons (Fsp3) is 0.533. The zero-order chi connectivity index (χ0) is 13.1. The van der Waals surface area contributed by atoms with Crippen LogP contribution < -0.4 is 0 Å². The van der Waals surface area contributed by atoms with Crippen LogP contribution >= 0.6 is 0 Å². The van der Waals surface area contributed by atoms with E-state index in [0.29, 0.717) is 0 Å². The molecule has 3 heteroatoms. The van der Waals surface area contributed by atoms with Crippen molar-refractivity contribution in [1.29, 1.82) is 0 Å². The highest BCUT2D eigenvalue weighted by Crippen LogP contribution is 2.29. The number of aliphatic carboxylic acids is 1. The Hall–Kier alpha value is -1.35. The number of carboxylic acid groups (broad SMARTS) is 1. The second-order valence-corrected chi connectivity index (χ2v) is 5.28. The molecule has 0 radical (unpaired) electrons. The molecule has 0 amide bonds. The number of carboxylic acids is 1. The van der Waals surface area contributed by atoms with E-state index >= 15 is 0 Å². The molecule has 1 aliphatic heterocycles. The van der Waals surface area contributed by atoms with Gasteiger partial charge in [0.15, 0.2) is 0 Å². The first kappa shape index (κ1) is 13.1. The summed E-state index contributed by atoms with van der Waals surface area (Å²) in [5, 5.41) is 9.12. The van der Waals surface area contributed by atoms with Gasteiger partial charge in [-0.05, 0) is 45.3 Å². The van der Waals surface area contributed by atoms with Gasteiger partial charge in [-0.25, -0.2) is 0 Å². The van der Waals surface area contributed by atoms with Crippen LogP contribution in [0, 0.1) is 13.8 Å². The van der Waals surface area contributed by atoms with E-state index in [1.165, 1.54) is 24.0 Å². The molecule has 1 aliphatic rings. The number of benzene rings is 1. The number of nitrogens with zero attached hydrogens (tertiary/aromatic N) is 1. The van der Waals surface area contributed by atoms with E-state index < -0.39 is 5.97 Å². The second kappa shape index (κ2) is 5.53. The Labute approximate surface area is 108 Å². The summed E-state index contributed by atoms with van der Waals surface area (Å²) in [5.74, 6) is -0.717. The lowest BCUT2D eigenvalue weighted by Gasteiger charge is -2.27. The van der Waals surface area contributed by atoms with E-state index in [4.69, 9.17) is 5.11 Å². The molecule has 1 aromatic carbocycles. The topological polar surface area (TPSA) is 40.5 Å². The fourth-order valence-electron chi connectivity index (χ4n) is 2.88. The predicted octanol–water partition coefficient (Wildman–Crippen LogP) is 2.92. The summed E-state index contributed by atoms with van der Waals surface area (Å²) in [5.41, 5.74) is 3.57. The number of rotatable bonds is 4. The lowest BCUT2D eigenvalue weighted by molar-refractivity contribution is -0.138. The number of likely N-dealkylation sites (tertiary alicyclic amines) is 1. The van der Waals surface area contributed by atoms with Crippen LogP contribution in [0.1, 0.15) is 42.0 Å². The van der Waals surface area contributed by atoms with Crippen LogP contribution in [0.5, 0.6) is 0 Å². The molecule has 0 aliphatic carbocycles. The van der Waals surface area contributed by atoms with Gasteiger partial charge >= 0.3 is 5.97 Å². The Morgan fingerprint density at radius 1 is 1.22 bits per heavy atom. The minimum atomic E-state index is -0.717. The molecular weight excluding hydrogens is 226 g/mol.